The summed E-state index contributed by atoms with van der Waals surface area (Å²) >= 11 is 1.00. The summed E-state index contributed by atoms with van der Waals surface area (Å²) in [6.45, 7) is -0.224. The van der Waals surface area contributed by atoms with Gasteiger partial charge in [-0.3, -0.25) is 0 Å². The standard InChI is InChI=1S/C13H9F3O3S/c14-13(15,16)9-3-1-2-4-10(9)19-7-8-5-6-20-11(8)12(17)18/h1-6H,7H2,(H,17,18). The molecule has 1 heterocycles. The molecule has 0 fully saturated rings. The van der Waals surface area contributed by atoms with Crippen molar-refractivity contribution in [1.29, 1.82) is 0 Å². The number of carboxylic acids is 1. The zero-order valence-corrected chi connectivity index (χ0v) is 10.8. The molecule has 0 bridgehead atoms. The first kappa shape index (κ1) is 14.4. The lowest BCUT2D eigenvalue weighted by atomic mass is 10.2. The van der Waals surface area contributed by atoms with Crippen LogP contribution in [0.5, 0.6) is 5.75 Å². The number of thiophene rings is 1. The molecule has 0 aliphatic carbocycles. The molecule has 0 saturated carbocycles. The van der Waals surface area contributed by atoms with E-state index in [0.717, 1.165) is 17.4 Å². The number of aromatic carboxylic acids is 1. The van der Waals surface area contributed by atoms with Gasteiger partial charge in [-0.15, -0.1) is 11.3 Å². The van der Waals surface area contributed by atoms with Crippen molar-refractivity contribution in [2.24, 2.45) is 0 Å². The van der Waals surface area contributed by atoms with Gasteiger partial charge in [-0.1, -0.05) is 12.1 Å². The Balaban J connectivity index is 2.20. The number of benzene rings is 1. The summed E-state index contributed by atoms with van der Waals surface area (Å²) < 4.78 is 43.4. The SMILES string of the molecule is O=C(O)c1sccc1COc1ccccc1C(F)(F)F. The quantitative estimate of drug-likeness (QED) is 0.927. The van der Waals surface area contributed by atoms with Crippen molar-refractivity contribution in [2.45, 2.75) is 12.8 Å². The highest BCUT2D eigenvalue weighted by Gasteiger charge is 2.34. The highest BCUT2D eigenvalue weighted by atomic mass is 32.1. The number of halogens is 3. The predicted octanol–water partition coefficient (Wildman–Crippen LogP) is 4.04. The van der Waals surface area contributed by atoms with E-state index in [1.165, 1.54) is 24.3 Å². The molecular formula is C13H9F3O3S. The third kappa shape index (κ3) is 3.11. The second-order valence-corrected chi connectivity index (χ2v) is 4.78. The van der Waals surface area contributed by atoms with E-state index >= 15 is 0 Å². The first-order valence-corrected chi connectivity index (χ1v) is 6.36. The average molecular weight is 302 g/mol. The summed E-state index contributed by atoms with van der Waals surface area (Å²) in [5.41, 5.74) is -0.536. The summed E-state index contributed by atoms with van der Waals surface area (Å²) in [5, 5.41) is 10.5. The number of alkyl halides is 3. The first-order chi connectivity index (χ1) is 9.39. The molecule has 106 valence electrons. The van der Waals surface area contributed by atoms with E-state index in [2.05, 4.69) is 0 Å². The topological polar surface area (TPSA) is 46.5 Å². The summed E-state index contributed by atoms with van der Waals surface area (Å²) in [5.74, 6) is -1.44. The minimum atomic E-state index is -4.51. The number of ether oxygens (including phenoxy) is 1. The van der Waals surface area contributed by atoms with E-state index in [0.29, 0.717) is 5.56 Å². The number of hydrogen-bond donors (Lipinski definition) is 1. The van der Waals surface area contributed by atoms with Crippen molar-refractivity contribution in [3.8, 4) is 5.75 Å². The fraction of sp³-hybridized carbons (Fsp3) is 0.154. The summed E-state index contributed by atoms with van der Waals surface area (Å²) in [7, 11) is 0. The smallest absolute Gasteiger partial charge is 0.419 e. The van der Waals surface area contributed by atoms with E-state index < -0.39 is 17.7 Å². The van der Waals surface area contributed by atoms with Gasteiger partial charge in [-0.05, 0) is 23.6 Å². The lowest BCUT2D eigenvalue weighted by Gasteiger charge is -2.13. The third-order valence-electron chi connectivity index (χ3n) is 2.52. The normalized spacial score (nSPS) is 11.3. The van der Waals surface area contributed by atoms with Gasteiger partial charge in [0.05, 0.1) is 5.56 Å². The Morgan fingerprint density at radius 1 is 1.25 bits per heavy atom. The molecule has 3 nitrogen and oxygen atoms in total. The molecule has 0 atom stereocenters. The molecule has 20 heavy (non-hydrogen) atoms. The molecule has 0 aliphatic heterocycles. The molecule has 7 heteroatoms. The third-order valence-corrected chi connectivity index (χ3v) is 3.46. The van der Waals surface area contributed by atoms with Gasteiger partial charge in [0.25, 0.3) is 0 Å². The van der Waals surface area contributed by atoms with Gasteiger partial charge in [0.2, 0.25) is 0 Å². The van der Waals surface area contributed by atoms with Crippen LogP contribution in [0.2, 0.25) is 0 Å². The molecule has 1 aromatic carbocycles. The van der Waals surface area contributed by atoms with Crippen LogP contribution in [-0.4, -0.2) is 11.1 Å². The molecule has 1 N–H and O–H groups in total. The molecule has 0 radical (unpaired) electrons. The van der Waals surface area contributed by atoms with Crippen LogP contribution in [0, 0.1) is 0 Å². The van der Waals surface area contributed by atoms with Gasteiger partial charge in [0.15, 0.2) is 0 Å². The lowest BCUT2D eigenvalue weighted by molar-refractivity contribution is -0.139. The Kier molecular flexibility index (Phi) is 3.99. The maximum atomic E-state index is 12.7. The van der Waals surface area contributed by atoms with Crippen molar-refractivity contribution in [2.75, 3.05) is 0 Å². The second-order valence-electron chi connectivity index (χ2n) is 3.86. The van der Waals surface area contributed by atoms with Crippen LogP contribution in [-0.2, 0) is 12.8 Å². The molecule has 1 aromatic heterocycles. The van der Waals surface area contributed by atoms with Gasteiger partial charge in [0, 0.05) is 5.56 Å². The van der Waals surface area contributed by atoms with Crippen LogP contribution in [0.15, 0.2) is 35.7 Å². The van der Waals surface area contributed by atoms with Crippen molar-refractivity contribution < 1.29 is 27.8 Å². The van der Waals surface area contributed by atoms with Crippen LogP contribution >= 0.6 is 11.3 Å². The van der Waals surface area contributed by atoms with E-state index in [-0.39, 0.29) is 17.2 Å². The van der Waals surface area contributed by atoms with Crippen molar-refractivity contribution >= 4 is 17.3 Å². The lowest BCUT2D eigenvalue weighted by Crippen LogP contribution is -2.09. The Labute approximate surface area is 116 Å². The fourth-order valence-corrected chi connectivity index (χ4v) is 2.37. The Morgan fingerprint density at radius 3 is 2.60 bits per heavy atom. The van der Waals surface area contributed by atoms with E-state index in [1.807, 2.05) is 0 Å². The van der Waals surface area contributed by atoms with Crippen LogP contribution in [0.1, 0.15) is 20.8 Å². The summed E-state index contributed by atoms with van der Waals surface area (Å²) in [6, 6.07) is 6.33. The number of para-hydroxylation sites is 1. The van der Waals surface area contributed by atoms with Crippen LogP contribution < -0.4 is 4.74 Å². The molecular weight excluding hydrogens is 293 g/mol. The monoisotopic (exact) mass is 302 g/mol. The van der Waals surface area contributed by atoms with Gasteiger partial charge in [-0.25, -0.2) is 4.79 Å². The van der Waals surface area contributed by atoms with Crippen molar-refractivity contribution in [3.63, 3.8) is 0 Å². The maximum absolute atomic E-state index is 12.7. The largest absolute Gasteiger partial charge is 0.488 e. The first-order valence-electron chi connectivity index (χ1n) is 5.48. The maximum Gasteiger partial charge on any atom is 0.419 e. The van der Waals surface area contributed by atoms with Gasteiger partial charge < -0.3 is 9.84 Å². The summed E-state index contributed by atoms with van der Waals surface area (Å²) in [4.78, 5) is 11.0. The molecule has 0 unspecified atom stereocenters. The van der Waals surface area contributed by atoms with Crippen molar-refractivity contribution in [1.82, 2.24) is 0 Å². The van der Waals surface area contributed by atoms with Gasteiger partial charge in [0.1, 0.15) is 17.2 Å². The predicted molar refractivity (Wildman–Crippen MR) is 67.1 cm³/mol. The number of carboxylic acid groups (broad SMARTS) is 1. The number of rotatable bonds is 4. The average Bonchev–Trinajstić information content (AvgIpc) is 2.84. The Morgan fingerprint density at radius 2 is 1.95 bits per heavy atom. The minimum Gasteiger partial charge on any atom is -0.488 e. The molecule has 0 amide bonds. The molecule has 0 saturated heterocycles. The second kappa shape index (κ2) is 5.54. The molecule has 2 rings (SSSR count). The molecule has 0 spiro atoms. The fourth-order valence-electron chi connectivity index (χ4n) is 1.62. The highest BCUT2D eigenvalue weighted by Crippen LogP contribution is 2.36. The van der Waals surface area contributed by atoms with E-state index in [9.17, 15) is 18.0 Å². The minimum absolute atomic E-state index is 0.0643. The van der Waals surface area contributed by atoms with Crippen LogP contribution in [0.3, 0.4) is 0 Å². The van der Waals surface area contributed by atoms with Crippen LogP contribution in [0.25, 0.3) is 0 Å². The summed E-state index contributed by atoms with van der Waals surface area (Å²) in [6.07, 6.45) is -4.51. The number of hydrogen-bond acceptors (Lipinski definition) is 3. The Bertz CT molecular complexity index is 619. The zero-order valence-electron chi connectivity index (χ0n) is 9.98. The molecule has 0 aliphatic rings. The zero-order chi connectivity index (χ0) is 14.8. The molecule has 2 aromatic rings. The van der Waals surface area contributed by atoms with E-state index in [4.69, 9.17) is 9.84 Å². The highest BCUT2D eigenvalue weighted by molar-refractivity contribution is 7.12. The number of carbonyl (C=O) groups is 1. The van der Waals surface area contributed by atoms with Crippen LogP contribution in [0.4, 0.5) is 13.2 Å². The Hall–Kier alpha value is -2.02. The van der Waals surface area contributed by atoms with Gasteiger partial charge >= 0.3 is 12.1 Å². The van der Waals surface area contributed by atoms with Crippen molar-refractivity contribution in [3.05, 3.63) is 51.7 Å². The van der Waals surface area contributed by atoms with Gasteiger partial charge in [-0.2, -0.15) is 13.2 Å². The van der Waals surface area contributed by atoms with E-state index in [1.54, 1.807) is 5.38 Å².